The molecule has 0 atom stereocenters. The average Bonchev–Trinajstić information content (AvgIpc) is 3.20. The van der Waals surface area contributed by atoms with Crippen LogP contribution in [-0.4, -0.2) is 36.1 Å². The molecule has 1 heterocycles. The number of nitrogens with zero attached hydrogens (tertiary/aromatic N) is 2. The molecular formula is C19H19N3O4S. The summed E-state index contributed by atoms with van der Waals surface area (Å²) in [5, 5.41) is 11.2. The molecule has 0 spiro atoms. The van der Waals surface area contributed by atoms with E-state index in [4.69, 9.17) is 13.9 Å². The number of carbonyl (C=O) groups excluding carboxylic acids is 1. The number of nitrogens with one attached hydrogen (secondary N) is 1. The first-order chi connectivity index (χ1) is 13.2. The summed E-state index contributed by atoms with van der Waals surface area (Å²) in [5.74, 6) is 1.98. The van der Waals surface area contributed by atoms with Crippen LogP contribution in [0.4, 0.5) is 0 Å². The van der Waals surface area contributed by atoms with Gasteiger partial charge in [-0.25, -0.2) is 0 Å². The maximum atomic E-state index is 12.0. The molecule has 1 N–H and O–H groups in total. The third-order valence-electron chi connectivity index (χ3n) is 3.69. The number of benzene rings is 2. The number of thioether (sulfide) groups is 1. The van der Waals surface area contributed by atoms with Crippen LogP contribution in [0.15, 0.2) is 58.2 Å². The van der Waals surface area contributed by atoms with Gasteiger partial charge in [-0.15, -0.1) is 10.2 Å². The minimum atomic E-state index is -0.119. The molecule has 1 amide bonds. The molecule has 2 aromatic carbocycles. The summed E-state index contributed by atoms with van der Waals surface area (Å²) in [4.78, 5) is 12.0. The number of rotatable bonds is 8. The summed E-state index contributed by atoms with van der Waals surface area (Å²) in [5.41, 5.74) is 1.75. The van der Waals surface area contributed by atoms with Crippen molar-refractivity contribution in [2.75, 3.05) is 20.0 Å². The van der Waals surface area contributed by atoms with Gasteiger partial charge in [0.2, 0.25) is 11.8 Å². The molecule has 0 fully saturated rings. The van der Waals surface area contributed by atoms with E-state index in [1.807, 2.05) is 48.5 Å². The van der Waals surface area contributed by atoms with E-state index in [1.54, 1.807) is 14.2 Å². The van der Waals surface area contributed by atoms with E-state index in [0.29, 0.717) is 17.7 Å². The van der Waals surface area contributed by atoms with Gasteiger partial charge in [-0.3, -0.25) is 4.79 Å². The lowest BCUT2D eigenvalue weighted by Gasteiger charge is -2.06. The van der Waals surface area contributed by atoms with E-state index in [2.05, 4.69) is 15.5 Å². The fourth-order valence-electron chi connectivity index (χ4n) is 2.28. The molecule has 1 aromatic heterocycles. The lowest BCUT2D eigenvalue weighted by Crippen LogP contribution is -2.24. The number of hydrogen-bond acceptors (Lipinski definition) is 7. The van der Waals surface area contributed by atoms with E-state index in [-0.39, 0.29) is 11.7 Å². The quantitative estimate of drug-likeness (QED) is 0.596. The SMILES string of the molecule is COc1ccc(-c2nnc(SCC(=O)NCc3cccc(OC)c3)o2)cc1. The monoisotopic (exact) mass is 385 g/mol. The molecule has 0 saturated heterocycles. The molecule has 0 aliphatic rings. The number of carbonyl (C=O) groups is 1. The van der Waals surface area contributed by atoms with Gasteiger partial charge in [0.1, 0.15) is 11.5 Å². The highest BCUT2D eigenvalue weighted by atomic mass is 32.2. The number of aromatic nitrogens is 2. The van der Waals surface area contributed by atoms with Crippen molar-refractivity contribution in [3.8, 4) is 23.0 Å². The van der Waals surface area contributed by atoms with Gasteiger partial charge >= 0.3 is 0 Å². The van der Waals surface area contributed by atoms with Crippen LogP contribution in [0, 0.1) is 0 Å². The minimum absolute atomic E-state index is 0.119. The third-order valence-corrected chi connectivity index (χ3v) is 4.51. The van der Waals surface area contributed by atoms with Gasteiger partial charge in [-0.1, -0.05) is 23.9 Å². The Morgan fingerprint density at radius 2 is 1.85 bits per heavy atom. The van der Waals surface area contributed by atoms with Crippen LogP contribution in [-0.2, 0) is 11.3 Å². The predicted octanol–water partition coefficient (Wildman–Crippen LogP) is 3.16. The maximum Gasteiger partial charge on any atom is 0.277 e. The molecular weight excluding hydrogens is 366 g/mol. The molecule has 140 valence electrons. The van der Waals surface area contributed by atoms with E-state index < -0.39 is 0 Å². The van der Waals surface area contributed by atoms with Crippen molar-refractivity contribution >= 4 is 17.7 Å². The Morgan fingerprint density at radius 3 is 2.59 bits per heavy atom. The van der Waals surface area contributed by atoms with Crippen molar-refractivity contribution in [3.63, 3.8) is 0 Å². The maximum absolute atomic E-state index is 12.0. The lowest BCUT2D eigenvalue weighted by atomic mass is 10.2. The fraction of sp³-hybridized carbons (Fsp3) is 0.211. The molecule has 8 heteroatoms. The van der Waals surface area contributed by atoms with Crippen molar-refractivity contribution in [3.05, 3.63) is 54.1 Å². The first-order valence-electron chi connectivity index (χ1n) is 8.18. The van der Waals surface area contributed by atoms with Crippen LogP contribution in [0.5, 0.6) is 11.5 Å². The Kier molecular flexibility index (Phi) is 6.32. The lowest BCUT2D eigenvalue weighted by molar-refractivity contribution is -0.118. The Morgan fingerprint density at radius 1 is 1.07 bits per heavy atom. The zero-order valence-corrected chi connectivity index (χ0v) is 15.8. The summed E-state index contributed by atoms with van der Waals surface area (Å²) in [6.07, 6.45) is 0. The number of methoxy groups -OCH3 is 2. The van der Waals surface area contributed by atoms with Gasteiger partial charge in [-0.2, -0.15) is 0 Å². The van der Waals surface area contributed by atoms with Gasteiger partial charge in [0.05, 0.1) is 20.0 Å². The first-order valence-corrected chi connectivity index (χ1v) is 9.17. The van der Waals surface area contributed by atoms with Crippen LogP contribution in [0.2, 0.25) is 0 Å². The Bertz CT molecular complexity index is 896. The molecule has 0 saturated carbocycles. The van der Waals surface area contributed by atoms with Crippen molar-refractivity contribution in [2.24, 2.45) is 0 Å². The highest BCUT2D eigenvalue weighted by molar-refractivity contribution is 7.99. The molecule has 3 rings (SSSR count). The number of ether oxygens (including phenoxy) is 2. The van der Waals surface area contributed by atoms with Crippen molar-refractivity contribution in [2.45, 2.75) is 11.8 Å². The van der Waals surface area contributed by atoms with Crippen molar-refractivity contribution < 1.29 is 18.7 Å². The van der Waals surface area contributed by atoms with Crippen LogP contribution in [0.1, 0.15) is 5.56 Å². The Labute approximate surface area is 161 Å². The van der Waals surface area contributed by atoms with E-state index >= 15 is 0 Å². The standard InChI is InChI=1S/C19H19N3O4S/c1-24-15-8-6-14(7-9-15)18-21-22-19(26-18)27-12-17(23)20-11-13-4-3-5-16(10-13)25-2/h3-10H,11-12H2,1-2H3,(H,20,23). The normalized spacial score (nSPS) is 10.4. The molecule has 0 aliphatic carbocycles. The summed E-state index contributed by atoms with van der Waals surface area (Å²) in [6, 6.07) is 14.9. The summed E-state index contributed by atoms with van der Waals surface area (Å²) in [6.45, 7) is 0.428. The number of hydrogen-bond donors (Lipinski definition) is 1. The topological polar surface area (TPSA) is 86.5 Å². The molecule has 7 nitrogen and oxygen atoms in total. The summed E-state index contributed by atoms with van der Waals surface area (Å²) >= 11 is 1.19. The van der Waals surface area contributed by atoms with Gasteiger partial charge in [0.15, 0.2) is 0 Å². The van der Waals surface area contributed by atoms with E-state index in [0.717, 1.165) is 22.6 Å². The van der Waals surface area contributed by atoms with Crippen LogP contribution in [0.3, 0.4) is 0 Å². The fourth-order valence-corrected chi connectivity index (χ4v) is 2.87. The minimum Gasteiger partial charge on any atom is -0.497 e. The second-order valence-electron chi connectivity index (χ2n) is 5.52. The van der Waals surface area contributed by atoms with Gasteiger partial charge in [0.25, 0.3) is 5.22 Å². The van der Waals surface area contributed by atoms with Crippen molar-refractivity contribution in [1.82, 2.24) is 15.5 Å². The van der Waals surface area contributed by atoms with Gasteiger partial charge < -0.3 is 19.2 Å². The largest absolute Gasteiger partial charge is 0.497 e. The second-order valence-corrected chi connectivity index (χ2v) is 6.45. The van der Waals surface area contributed by atoms with Crippen LogP contribution in [0.25, 0.3) is 11.5 Å². The highest BCUT2D eigenvalue weighted by Gasteiger charge is 2.11. The second kappa shape index (κ2) is 9.09. The van der Waals surface area contributed by atoms with Crippen molar-refractivity contribution in [1.29, 1.82) is 0 Å². The van der Waals surface area contributed by atoms with Gasteiger partial charge in [0, 0.05) is 12.1 Å². The first kappa shape index (κ1) is 18.8. The molecule has 27 heavy (non-hydrogen) atoms. The van der Waals surface area contributed by atoms with Crippen LogP contribution < -0.4 is 14.8 Å². The van der Waals surface area contributed by atoms with E-state index in [9.17, 15) is 4.79 Å². The van der Waals surface area contributed by atoms with Crippen LogP contribution >= 0.6 is 11.8 Å². The summed E-state index contributed by atoms with van der Waals surface area (Å²) in [7, 11) is 3.22. The molecule has 3 aromatic rings. The third kappa shape index (κ3) is 5.24. The highest BCUT2D eigenvalue weighted by Crippen LogP contribution is 2.24. The predicted molar refractivity (Wildman–Crippen MR) is 102 cm³/mol. The molecule has 0 radical (unpaired) electrons. The zero-order valence-electron chi connectivity index (χ0n) is 15.0. The number of amides is 1. The molecule has 0 unspecified atom stereocenters. The smallest absolute Gasteiger partial charge is 0.277 e. The Balaban J connectivity index is 1.49. The summed E-state index contributed by atoms with van der Waals surface area (Å²) < 4.78 is 15.9. The Hall–Kier alpha value is -3.00. The van der Waals surface area contributed by atoms with E-state index in [1.165, 1.54) is 11.8 Å². The average molecular weight is 385 g/mol. The zero-order chi connectivity index (χ0) is 19.1. The molecule has 0 aliphatic heterocycles. The molecule has 0 bridgehead atoms. The van der Waals surface area contributed by atoms with Gasteiger partial charge in [-0.05, 0) is 42.0 Å².